The fraction of sp³-hybridized carbons (Fsp3) is 0.333. The number of carbonyl (C=O) groups is 2. The van der Waals surface area contributed by atoms with E-state index in [4.69, 9.17) is 4.74 Å². The Morgan fingerprint density at radius 2 is 2.14 bits per heavy atom. The lowest BCUT2D eigenvalue weighted by molar-refractivity contribution is -0.121. The Hall–Kier alpha value is -2.34. The molecule has 6 heteroatoms. The van der Waals surface area contributed by atoms with Crippen molar-refractivity contribution >= 4 is 22.7 Å². The molecule has 0 unspecified atom stereocenters. The molecule has 21 heavy (non-hydrogen) atoms. The molecule has 2 rings (SSSR count). The molecule has 0 aliphatic rings. The summed E-state index contributed by atoms with van der Waals surface area (Å²) in [5, 5.41) is 3.66. The van der Waals surface area contributed by atoms with E-state index in [0.29, 0.717) is 18.7 Å². The first-order valence-electron chi connectivity index (χ1n) is 6.70. The molecule has 0 fully saturated rings. The van der Waals surface area contributed by atoms with Crippen molar-refractivity contribution in [3.63, 3.8) is 0 Å². The summed E-state index contributed by atoms with van der Waals surface area (Å²) < 4.78 is 4.85. The number of methoxy groups -OCH3 is 1. The van der Waals surface area contributed by atoms with Crippen LogP contribution in [-0.2, 0) is 9.53 Å². The lowest BCUT2D eigenvalue weighted by atomic mass is 10.1. The van der Waals surface area contributed by atoms with Crippen molar-refractivity contribution < 1.29 is 14.3 Å². The Bertz CT molecular complexity index is 636. The van der Waals surface area contributed by atoms with Crippen LogP contribution in [0.4, 0.5) is 0 Å². The van der Waals surface area contributed by atoms with E-state index in [1.807, 2.05) is 18.2 Å². The van der Waals surface area contributed by atoms with Crippen LogP contribution in [0.15, 0.2) is 30.5 Å². The Morgan fingerprint density at radius 3 is 2.90 bits per heavy atom. The van der Waals surface area contributed by atoms with Gasteiger partial charge in [-0.3, -0.25) is 9.59 Å². The minimum Gasteiger partial charge on any atom is -0.383 e. The molecule has 0 saturated carbocycles. The van der Waals surface area contributed by atoms with Gasteiger partial charge in [0, 0.05) is 32.3 Å². The van der Waals surface area contributed by atoms with Gasteiger partial charge in [-0.2, -0.15) is 0 Å². The number of amides is 2. The number of nitrogens with zero attached hydrogens (tertiary/aromatic N) is 1. The van der Waals surface area contributed by atoms with Gasteiger partial charge in [0.25, 0.3) is 5.91 Å². The summed E-state index contributed by atoms with van der Waals surface area (Å²) in [7, 11) is 3.18. The third kappa shape index (κ3) is 3.61. The first kappa shape index (κ1) is 15.1. The van der Waals surface area contributed by atoms with E-state index in [-0.39, 0.29) is 18.4 Å². The second-order valence-electron chi connectivity index (χ2n) is 4.75. The normalized spacial score (nSPS) is 10.6. The van der Waals surface area contributed by atoms with Crippen molar-refractivity contribution in [3.8, 4) is 0 Å². The Labute approximate surface area is 123 Å². The van der Waals surface area contributed by atoms with Gasteiger partial charge in [0.1, 0.15) is 0 Å². The molecule has 2 N–H and O–H groups in total. The maximum absolute atomic E-state index is 12.4. The molecule has 0 atom stereocenters. The summed E-state index contributed by atoms with van der Waals surface area (Å²) in [5.41, 5.74) is 1.35. The van der Waals surface area contributed by atoms with Gasteiger partial charge in [0.05, 0.1) is 24.2 Å². The zero-order valence-corrected chi connectivity index (χ0v) is 12.2. The van der Waals surface area contributed by atoms with Gasteiger partial charge < -0.3 is 19.9 Å². The van der Waals surface area contributed by atoms with Gasteiger partial charge in [-0.25, -0.2) is 0 Å². The van der Waals surface area contributed by atoms with Crippen LogP contribution in [0.2, 0.25) is 0 Å². The van der Waals surface area contributed by atoms with Crippen LogP contribution in [-0.4, -0.2) is 55.6 Å². The molecule has 0 radical (unpaired) electrons. The maximum atomic E-state index is 12.4. The summed E-state index contributed by atoms with van der Waals surface area (Å²) in [6.45, 7) is 0.897. The number of likely N-dealkylation sites (N-methyl/N-ethyl adjacent to an activating group) is 1. The van der Waals surface area contributed by atoms with Crippen molar-refractivity contribution in [2.75, 3.05) is 33.9 Å². The summed E-state index contributed by atoms with van der Waals surface area (Å²) in [6.07, 6.45) is 1.79. The number of rotatable bonds is 6. The summed E-state index contributed by atoms with van der Waals surface area (Å²) >= 11 is 0. The number of H-pyrrole nitrogens is 1. The second-order valence-corrected chi connectivity index (χ2v) is 4.75. The number of para-hydroxylation sites is 1. The molecule has 1 aromatic carbocycles. The summed E-state index contributed by atoms with van der Waals surface area (Å²) in [6, 6.07) is 7.42. The summed E-state index contributed by atoms with van der Waals surface area (Å²) in [5.74, 6) is -0.397. The highest BCUT2D eigenvalue weighted by molar-refractivity contribution is 6.06. The molecule has 2 amide bonds. The van der Waals surface area contributed by atoms with Crippen molar-refractivity contribution in [2.24, 2.45) is 0 Å². The van der Waals surface area contributed by atoms with E-state index < -0.39 is 0 Å². The van der Waals surface area contributed by atoms with Crippen LogP contribution in [0.25, 0.3) is 10.9 Å². The number of aromatic amines is 1. The monoisotopic (exact) mass is 289 g/mol. The van der Waals surface area contributed by atoms with Gasteiger partial charge >= 0.3 is 0 Å². The molecule has 0 saturated heterocycles. The molecule has 0 spiro atoms. The molecule has 0 aliphatic heterocycles. The Kier molecular flexibility index (Phi) is 4.94. The van der Waals surface area contributed by atoms with Crippen molar-refractivity contribution in [3.05, 3.63) is 36.0 Å². The number of hydrogen-bond donors (Lipinski definition) is 2. The molecular weight excluding hydrogens is 270 g/mol. The van der Waals surface area contributed by atoms with Gasteiger partial charge in [-0.15, -0.1) is 0 Å². The number of ether oxygens (including phenoxy) is 1. The third-order valence-electron chi connectivity index (χ3n) is 3.17. The predicted octanol–water partition coefficient (Wildman–Crippen LogP) is 1.00. The predicted molar refractivity (Wildman–Crippen MR) is 80.1 cm³/mol. The minimum atomic E-state index is -0.207. The number of benzene rings is 1. The first-order valence-corrected chi connectivity index (χ1v) is 6.70. The number of aromatic nitrogens is 1. The Balaban J connectivity index is 2.02. The van der Waals surface area contributed by atoms with E-state index in [9.17, 15) is 9.59 Å². The van der Waals surface area contributed by atoms with E-state index in [0.717, 1.165) is 10.9 Å². The molecule has 0 aliphatic carbocycles. The standard InChI is InChI=1S/C15H19N3O3/c1-18(10-13(19)16-8-9-21-2)15(20)12-5-3-4-11-6-7-17-14(11)12/h3-7,17H,8-10H2,1-2H3,(H,16,19). The topological polar surface area (TPSA) is 74.4 Å². The maximum Gasteiger partial charge on any atom is 0.256 e. The molecule has 0 bridgehead atoms. The van der Waals surface area contributed by atoms with Crippen molar-refractivity contribution in [2.45, 2.75) is 0 Å². The molecular formula is C15H19N3O3. The zero-order valence-electron chi connectivity index (χ0n) is 12.2. The fourth-order valence-electron chi connectivity index (χ4n) is 2.10. The van der Waals surface area contributed by atoms with E-state index in [1.54, 1.807) is 26.4 Å². The highest BCUT2D eigenvalue weighted by Crippen LogP contribution is 2.18. The van der Waals surface area contributed by atoms with Crippen LogP contribution >= 0.6 is 0 Å². The number of nitrogens with one attached hydrogen (secondary N) is 2. The van der Waals surface area contributed by atoms with Gasteiger partial charge in [0.2, 0.25) is 5.91 Å². The van der Waals surface area contributed by atoms with Crippen LogP contribution in [0, 0.1) is 0 Å². The first-order chi connectivity index (χ1) is 10.1. The molecule has 112 valence electrons. The van der Waals surface area contributed by atoms with Crippen LogP contribution < -0.4 is 5.32 Å². The van der Waals surface area contributed by atoms with Crippen molar-refractivity contribution in [1.82, 2.24) is 15.2 Å². The number of hydrogen-bond acceptors (Lipinski definition) is 3. The average Bonchev–Trinajstić information content (AvgIpc) is 2.95. The van der Waals surface area contributed by atoms with Gasteiger partial charge in [-0.1, -0.05) is 12.1 Å². The van der Waals surface area contributed by atoms with E-state index >= 15 is 0 Å². The number of fused-ring (bicyclic) bond motifs is 1. The quantitative estimate of drug-likeness (QED) is 0.779. The average molecular weight is 289 g/mol. The van der Waals surface area contributed by atoms with Gasteiger partial charge in [-0.05, 0) is 12.1 Å². The van der Waals surface area contributed by atoms with Crippen molar-refractivity contribution in [1.29, 1.82) is 0 Å². The SMILES string of the molecule is COCCNC(=O)CN(C)C(=O)c1cccc2cc[nH]c12. The minimum absolute atomic E-state index is 0.0135. The molecule has 1 heterocycles. The largest absolute Gasteiger partial charge is 0.383 e. The second kappa shape index (κ2) is 6.90. The third-order valence-corrected chi connectivity index (χ3v) is 3.17. The van der Waals surface area contributed by atoms with Crippen LogP contribution in [0.5, 0.6) is 0 Å². The summed E-state index contributed by atoms with van der Waals surface area (Å²) in [4.78, 5) is 28.6. The smallest absolute Gasteiger partial charge is 0.256 e. The highest BCUT2D eigenvalue weighted by Gasteiger charge is 2.17. The lowest BCUT2D eigenvalue weighted by Gasteiger charge is -2.17. The number of carbonyl (C=O) groups excluding carboxylic acids is 2. The molecule has 1 aromatic heterocycles. The molecule has 6 nitrogen and oxygen atoms in total. The Morgan fingerprint density at radius 1 is 1.33 bits per heavy atom. The van der Waals surface area contributed by atoms with Crippen LogP contribution in [0.3, 0.4) is 0 Å². The zero-order chi connectivity index (χ0) is 15.2. The lowest BCUT2D eigenvalue weighted by Crippen LogP contribution is -2.39. The van der Waals surface area contributed by atoms with Gasteiger partial charge in [0.15, 0.2) is 0 Å². The highest BCUT2D eigenvalue weighted by atomic mass is 16.5. The fourth-order valence-corrected chi connectivity index (χ4v) is 2.10. The van der Waals surface area contributed by atoms with E-state index in [1.165, 1.54) is 4.90 Å². The van der Waals surface area contributed by atoms with E-state index in [2.05, 4.69) is 10.3 Å². The van der Waals surface area contributed by atoms with Crippen LogP contribution in [0.1, 0.15) is 10.4 Å². The molecule has 2 aromatic rings.